The summed E-state index contributed by atoms with van der Waals surface area (Å²) in [7, 11) is 3.92. The van der Waals surface area contributed by atoms with E-state index in [2.05, 4.69) is 42.0 Å². The molecular formula is C25H30N4O2. The zero-order chi connectivity index (χ0) is 21.4. The lowest BCUT2D eigenvalue weighted by atomic mass is 10.0. The van der Waals surface area contributed by atoms with E-state index >= 15 is 0 Å². The van der Waals surface area contributed by atoms with Crippen molar-refractivity contribution in [2.24, 2.45) is 0 Å². The molecule has 1 saturated heterocycles. The minimum atomic E-state index is 0.252. The monoisotopic (exact) mass is 418 g/mol. The van der Waals surface area contributed by atoms with Gasteiger partial charge < -0.3 is 14.4 Å². The van der Waals surface area contributed by atoms with Crippen LogP contribution in [0.1, 0.15) is 24.1 Å². The maximum atomic E-state index is 6.15. The molecule has 2 aromatic carbocycles. The zero-order valence-corrected chi connectivity index (χ0v) is 18.5. The third-order valence-corrected chi connectivity index (χ3v) is 6.66. The summed E-state index contributed by atoms with van der Waals surface area (Å²) < 4.78 is 11.5. The highest BCUT2D eigenvalue weighted by Crippen LogP contribution is 2.30. The van der Waals surface area contributed by atoms with Crippen LogP contribution in [0.2, 0.25) is 0 Å². The summed E-state index contributed by atoms with van der Waals surface area (Å²) in [6.07, 6.45) is 3.47. The van der Waals surface area contributed by atoms with Crippen molar-refractivity contribution in [3.63, 3.8) is 0 Å². The van der Waals surface area contributed by atoms with Crippen LogP contribution in [-0.4, -0.2) is 60.8 Å². The van der Waals surface area contributed by atoms with Gasteiger partial charge in [-0.2, -0.15) is 0 Å². The fraction of sp³-hybridized carbons (Fsp3) is 0.440. The predicted molar refractivity (Wildman–Crippen MR) is 123 cm³/mol. The quantitative estimate of drug-likeness (QED) is 0.627. The van der Waals surface area contributed by atoms with Gasteiger partial charge in [-0.1, -0.05) is 18.2 Å². The smallest absolute Gasteiger partial charge is 0.226 e. The van der Waals surface area contributed by atoms with Crippen molar-refractivity contribution >= 4 is 16.9 Å². The molecule has 31 heavy (non-hydrogen) atoms. The number of piperidine rings is 1. The van der Waals surface area contributed by atoms with E-state index in [1.54, 1.807) is 7.11 Å². The summed E-state index contributed by atoms with van der Waals surface area (Å²) in [6.45, 7) is 4.95. The molecule has 1 aromatic heterocycles. The van der Waals surface area contributed by atoms with E-state index in [0.29, 0.717) is 6.04 Å². The van der Waals surface area contributed by atoms with Gasteiger partial charge in [0.15, 0.2) is 0 Å². The molecule has 0 aliphatic carbocycles. The largest absolute Gasteiger partial charge is 0.497 e. The van der Waals surface area contributed by atoms with E-state index in [4.69, 9.17) is 19.4 Å². The average Bonchev–Trinajstić information content (AvgIpc) is 3.21. The van der Waals surface area contributed by atoms with Gasteiger partial charge in [0.25, 0.3) is 0 Å². The van der Waals surface area contributed by atoms with Crippen molar-refractivity contribution in [2.45, 2.75) is 38.3 Å². The minimum absolute atomic E-state index is 0.252. The number of anilines is 1. The van der Waals surface area contributed by atoms with Crippen LogP contribution in [-0.2, 0) is 6.42 Å². The van der Waals surface area contributed by atoms with Gasteiger partial charge in [0, 0.05) is 43.5 Å². The summed E-state index contributed by atoms with van der Waals surface area (Å²) in [5.41, 5.74) is 3.29. The van der Waals surface area contributed by atoms with Gasteiger partial charge in [0.2, 0.25) is 5.95 Å². The number of aryl methyl sites for hydroxylation is 1. The first kappa shape index (κ1) is 20.1. The molecule has 1 atom stereocenters. The Hall–Kier alpha value is -2.86. The minimum Gasteiger partial charge on any atom is -0.497 e. The van der Waals surface area contributed by atoms with Crippen molar-refractivity contribution in [3.8, 4) is 11.5 Å². The van der Waals surface area contributed by atoms with Gasteiger partial charge in [0.05, 0.1) is 18.3 Å². The summed E-state index contributed by atoms with van der Waals surface area (Å²) in [4.78, 5) is 14.4. The highest BCUT2D eigenvalue weighted by atomic mass is 16.5. The molecule has 162 valence electrons. The molecule has 3 aromatic rings. The van der Waals surface area contributed by atoms with Gasteiger partial charge in [-0.15, -0.1) is 0 Å². The second kappa shape index (κ2) is 8.35. The second-order valence-electron chi connectivity index (χ2n) is 8.70. The van der Waals surface area contributed by atoms with E-state index in [-0.39, 0.29) is 6.10 Å². The summed E-state index contributed by atoms with van der Waals surface area (Å²) >= 11 is 0. The molecule has 0 spiro atoms. The van der Waals surface area contributed by atoms with Gasteiger partial charge in [-0.25, -0.2) is 9.97 Å². The van der Waals surface area contributed by atoms with Crippen molar-refractivity contribution in [1.82, 2.24) is 14.9 Å². The average molecular weight is 419 g/mol. The summed E-state index contributed by atoms with van der Waals surface area (Å²) in [6, 6.07) is 15.0. The van der Waals surface area contributed by atoms with E-state index in [9.17, 15) is 0 Å². The van der Waals surface area contributed by atoms with Crippen LogP contribution in [0.4, 0.5) is 5.95 Å². The summed E-state index contributed by atoms with van der Waals surface area (Å²) in [5, 5.41) is 1.08. The SMILES string of the molecule is COc1ccc2c(C)nc(N3CCC(N(C)CC4Cc5ccccc5O4)CC3)nc2c1. The van der Waals surface area contributed by atoms with E-state index in [1.807, 2.05) is 24.3 Å². The number of nitrogens with zero attached hydrogens (tertiary/aromatic N) is 4. The Morgan fingerprint density at radius 3 is 2.71 bits per heavy atom. The standard InChI is InChI=1S/C25H30N4O2/c1-17-22-9-8-20(30-3)15-23(22)27-25(26-17)29-12-10-19(11-13-29)28(2)16-21-14-18-6-4-5-7-24(18)31-21/h4-9,15,19,21H,10-14,16H2,1-3H3. The molecule has 1 unspecified atom stereocenters. The molecule has 0 amide bonds. The number of methoxy groups -OCH3 is 1. The number of hydrogen-bond donors (Lipinski definition) is 0. The van der Waals surface area contributed by atoms with E-state index in [0.717, 1.165) is 72.9 Å². The number of para-hydroxylation sites is 1. The van der Waals surface area contributed by atoms with Crippen molar-refractivity contribution in [3.05, 3.63) is 53.7 Å². The van der Waals surface area contributed by atoms with Gasteiger partial charge in [-0.05, 0) is 50.6 Å². The van der Waals surface area contributed by atoms with E-state index in [1.165, 1.54) is 5.56 Å². The van der Waals surface area contributed by atoms with E-state index < -0.39 is 0 Å². The molecule has 5 rings (SSSR count). The van der Waals surface area contributed by atoms with Gasteiger partial charge in [0.1, 0.15) is 17.6 Å². The zero-order valence-electron chi connectivity index (χ0n) is 18.5. The molecule has 1 fully saturated rings. The lowest BCUT2D eigenvalue weighted by molar-refractivity contribution is 0.126. The lowest BCUT2D eigenvalue weighted by Gasteiger charge is -2.37. The normalized spacial score (nSPS) is 19.0. The highest BCUT2D eigenvalue weighted by Gasteiger charge is 2.29. The van der Waals surface area contributed by atoms with Crippen LogP contribution < -0.4 is 14.4 Å². The van der Waals surface area contributed by atoms with Crippen LogP contribution in [0.25, 0.3) is 10.9 Å². The van der Waals surface area contributed by atoms with Crippen LogP contribution in [0, 0.1) is 6.92 Å². The van der Waals surface area contributed by atoms with Crippen LogP contribution in [0.5, 0.6) is 11.5 Å². The maximum Gasteiger partial charge on any atom is 0.226 e. The molecule has 6 heteroatoms. The molecular weight excluding hydrogens is 388 g/mol. The molecule has 0 saturated carbocycles. The first-order valence-electron chi connectivity index (χ1n) is 11.1. The number of rotatable bonds is 5. The van der Waals surface area contributed by atoms with Crippen molar-refractivity contribution in [1.29, 1.82) is 0 Å². The molecule has 3 heterocycles. The Balaban J connectivity index is 1.21. The molecule has 0 N–H and O–H groups in total. The van der Waals surface area contributed by atoms with Crippen LogP contribution >= 0.6 is 0 Å². The maximum absolute atomic E-state index is 6.15. The fourth-order valence-corrected chi connectivity index (χ4v) is 4.85. The first-order valence-corrected chi connectivity index (χ1v) is 11.1. The second-order valence-corrected chi connectivity index (χ2v) is 8.70. The summed E-state index contributed by atoms with van der Waals surface area (Å²) in [5.74, 6) is 2.71. The molecule has 0 bridgehead atoms. The fourth-order valence-electron chi connectivity index (χ4n) is 4.85. The number of benzene rings is 2. The Morgan fingerprint density at radius 1 is 1.13 bits per heavy atom. The Labute approximate surface area is 183 Å². The molecule has 2 aliphatic rings. The first-order chi connectivity index (χ1) is 15.1. The number of likely N-dealkylation sites (N-methyl/N-ethyl adjacent to an activating group) is 1. The van der Waals surface area contributed by atoms with Crippen LogP contribution in [0.15, 0.2) is 42.5 Å². The number of ether oxygens (including phenoxy) is 2. The number of aromatic nitrogens is 2. The molecule has 2 aliphatic heterocycles. The van der Waals surface area contributed by atoms with Gasteiger partial charge >= 0.3 is 0 Å². The van der Waals surface area contributed by atoms with Crippen molar-refractivity contribution in [2.75, 3.05) is 38.7 Å². The Morgan fingerprint density at radius 2 is 1.94 bits per heavy atom. The number of hydrogen-bond acceptors (Lipinski definition) is 6. The Bertz CT molecular complexity index is 1050. The highest BCUT2D eigenvalue weighted by molar-refractivity contribution is 5.83. The number of fused-ring (bicyclic) bond motifs is 2. The Kier molecular flexibility index (Phi) is 5.40. The van der Waals surface area contributed by atoms with Crippen LogP contribution in [0.3, 0.4) is 0 Å². The van der Waals surface area contributed by atoms with Crippen molar-refractivity contribution < 1.29 is 9.47 Å². The predicted octanol–water partition coefficient (Wildman–Crippen LogP) is 3.85. The topological polar surface area (TPSA) is 50.7 Å². The molecule has 6 nitrogen and oxygen atoms in total. The van der Waals surface area contributed by atoms with Gasteiger partial charge in [-0.3, -0.25) is 4.90 Å². The third-order valence-electron chi connectivity index (χ3n) is 6.66. The lowest BCUT2D eigenvalue weighted by Crippen LogP contribution is -2.46. The molecule has 0 radical (unpaired) electrons. The third kappa shape index (κ3) is 4.04.